The smallest absolute Gasteiger partial charge is 0.327 e. The number of ether oxygens (including phenoxy) is 1. The van der Waals surface area contributed by atoms with Crippen LogP contribution in [-0.2, 0) is 9.53 Å². The van der Waals surface area contributed by atoms with Gasteiger partial charge in [-0.25, -0.2) is 13.6 Å². The lowest BCUT2D eigenvalue weighted by molar-refractivity contribution is -0.148. The van der Waals surface area contributed by atoms with Gasteiger partial charge in [0.2, 0.25) is 0 Å². The van der Waals surface area contributed by atoms with E-state index in [2.05, 4.69) is 0 Å². The average Bonchev–Trinajstić information content (AvgIpc) is 2.71. The van der Waals surface area contributed by atoms with Crippen LogP contribution in [0.25, 0.3) is 0 Å². The summed E-state index contributed by atoms with van der Waals surface area (Å²) in [5.74, 6) is -2.88. The summed E-state index contributed by atoms with van der Waals surface area (Å²) >= 11 is 6.26. The van der Waals surface area contributed by atoms with Crippen LogP contribution in [0.4, 0.5) is 8.78 Å². The predicted octanol–water partition coefficient (Wildman–Crippen LogP) is 3.29. The number of halogens is 3. The summed E-state index contributed by atoms with van der Waals surface area (Å²) in [6.07, 6.45) is 0. The Balaban J connectivity index is 1.73. The third-order valence-electron chi connectivity index (χ3n) is 4.76. The van der Waals surface area contributed by atoms with Crippen LogP contribution >= 0.6 is 11.6 Å². The van der Waals surface area contributed by atoms with Gasteiger partial charge in [-0.15, -0.1) is 0 Å². The molecule has 1 aliphatic rings. The second kappa shape index (κ2) is 8.67. The fourth-order valence-corrected chi connectivity index (χ4v) is 3.52. The van der Waals surface area contributed by atoms with Gasteiger partial charge in [0.25, 0.3) is 5.91 Å². The van der Waals surface area contributed by atoms with Crippen LogP contribution in [-0.4, -0.2) is 55.0 Å². The van der Waals surface area contributed by atoms with Crippen LogP contribution in [0, 0.1) is 11.6 Å². The molecule has 1 atom stereocenters. The van der Waals surface area contributed by atoms with Gasteiger partial charge in [-0.2, -0.15) is 0 Å². The van der Waals surface area contributed by atoms with Crippen LogP contribution in [0.15, 0.2) is 42.5 Å². The number of esters is 1. The predicted molar refractivity (Wildman–Crippen MR) is 100 cm³/mol. The standard InChI is InChI=1S/C20H19ClF2N2O3/c1-28-20(27)18(14-4-2-3-5-15(14)21)24-8-10-25(11-9-24)19(26)13-6-7-16(22)17(23)12-13/h2-7,12,18H,8-11H2,1H3/t18-/m1/s1. The third kappa shape index (κ3) is 4.15. The molecule has 0 bridgehead atoms. The summed E-state index contributed by atoms with van der Waals surface area (Å²) in [7, 11) is 1.31. The lowest BCUT2D eigenvalue weighted by Gasteiger charge is -2.38. The molecule has 3 rings (SSSR count). The van der Waals surface area contributed by atoms with Crippen molar-refractivity contribution in [3.05, 3.63) is 70.2 Å². The van der Waals surface area contributed by atoms with Crippen molar-refractivity contribution in [2.45, 2.75) is 6.04 Å². The van der Waals surface area contributed by atoms with Crippen LogP contribution in [0.3, 0.4) is 0 Å². The lowest BCUT2D eigenvalue weighted by Crippen LogP contribution is -2.51. The SMILES string of the molecule is COC(=O)[C@@H](c1ccccc1Cl)N1CCN(C(=O)c2ccc(F)c(F)c2)CC1. The molecule has 0 unspecified atom stereocenters. The van der Waals surface area contributed by atoms with E-state index in [1.54, 1.807) is 29.2 Å². The highest BCUT2D eigenvalue weighted by Gasteiger charge is 2.33. The zero-order valence-electron chi connectivity index (χ0n) is 15.2. The van der Waals surface area contributed by atoms with Crippen LogP contribution in [0.2, 0.25) is 5.02 Å². The molecule has 0 spiro atoms. The minimum absolute atomic E-state index is 0.0861. The van der Waals surface area contributed by atoms with Crippen molar-refractivity contribution in [2.24, 2.45) is 0 Å². The Morgan fingerprint density at radius 3 is 2.32 bits per heavy atom. The Hall–Kier alpha value is -2.51. The summed E-state index contributed by atoms with van der Waals surface area (Å²) < 4.78 is 31.4. The van der Waals surface area contributed by atoms with E-state index in [0.29, 0.717) is 36.8 Å². The zero-order valence-corrected chi connectivity index (χ0v) is 16.0. The van der Waals surface area contributed by atoms with Gasteiger partial charge in [0, 0.05) is 36.8 Å². The molecule has 0 saturated carbocycles. The van der Waals surface area contributed by atoms with E-state index in [1.807, 2.05) is 4.90 Å². The van der Waals surface area contributed by atoms with Crippen molar-refractivity contribution < 1.29 is 23.1 Å². The summed E-state index contributed by atoms with van der Waals surface area (Å²) in [6.45, 7) is 1.46. The number of methoxy groups -OCH3 is 1. The van der Waals surface area contributed by atoms with Crippen molar-refractivity contribution in [3.8, 4) is 0 Å². The van der Waals surface area contributed by atoms with E-state index in [9.17, 15) is 18.4 Å². The molecule has 0 aliphatic carbocycles. The molecule has 1 amide bonds. The summed E-state index contributed by atoms with van der Waals surface area (Å²) in [6, 6.07) is 9.44. The normalized spacial score (nSPS) is 15.9. The van der Waals surface area contributed by atoms with Gasteiger partial charge in [-0.05, 0) is 29.8 Å². The Bertz CT molecular complexity index is 886. The van der Waals surface area contributed by atoms with Gasteiger partial charge in [0.1, 0.15) is 6.04 Å². The Morgan fingerprint density at radius 1 is 1.04 bits per heavy atom. The Morgan fingerprint density at radius 2 is 1.71 bits per heavy atom. The number of carbonyl (C=O) groups excluding carboxylic acids is 2. The van der Waals surface area contributed by atoms with Gasteiger partial charge >= 0.3 is 5.97 Å². The van der Waals surface area contributed by atoms with E-state index in [4.69, 9.17) is 16.3 Å². The average molecular weight is 409 g/mol. The summed E-state index contributed by atoms with van der Waals surface area (Å²) in [5.41, 5.74) is 0.722. The second-order valence-corrected chi connectivity index (χ2v) is 6.81. The quantitative estimate of drug-likeness (QED) is 0.728. The fraction of sp³-hybridized carbons (Fsp3) is 0.300. The van der Waals surface area contributed by atoms with E-state index in [1.165, 1.54) is 13.2 Å². The van der Waals surface area contributed by atoms with Crippen LogP contribution < -0.4 is 0 Å². The first-order valence-corrected chi connectivity index (χ1v) is 9.10. The maximum absolute atomic E-state index is 13.4. The number of hydrogen-bond donors (Lipinski definition) is 0. The largest absolute Gasteiger partial charge is 0.468 e. The van der Waals surface area contributed by atoms with E-state index in [0.717, 1.165) is 12.1 Å². The number of amides is 1. The van der Waals surface area contributed by atoms with Crippen molar-refractivity contribution >= 4 is 23.5 Å². The molecule has 148 valence electrons. The molecule has 1 fully saturated rings. The van der Waals surface area contributed by atoms with E-state index < -0.39 is 23.6 Å². The highest BCUT2D eigenvalue weighted by Crippen LogP contribution is 2.29. The Kier molecular flexibility index (Phi) is 6.26. The minimum atomic E-state index is -1.06. The topological polar surface area (TPSA) is 49.9 Å². The fourth-order valence-electron chi connectivity index (χ4n) is 3.28. The molecule has 0 radical (unpaired) electrons. The monoisotopic (exact) mass is 408 g/mol. The van der Waals surface area contributed by atoms with Gasteiger partial charge in [0.05, 0.1) is 7.11 Å². The molecule has 2 aromatic rings. The minimum Gasteiger partial charge on any atom is -0.468 e. The first-order valence-electron chi connectivity index (χ1n) is 8.73. The molecule has 8 heteroatoms. The number of piperazine rings is 1. The summed E-state index contributed by atoms with van der Waals surface area (Å²) in [5, 5.41) is 0.457. The molecule has 1 saturated heterocycles. The highest BCUT2D eigenvalue weighted by atomic mass is 35.5. The van der Waals surface area contributed by atoms with Crippen molar-refractivity contribution in [1.82, 2.24) is 9.80 Å². The number of rotatable bonds is 4. The molecule has 1 aliphatic heterocycles. The number of benzene rings is 2. The molecule has 1 heterocycles. The van der Waals surface area contributed by atoms with Gasteiger partial charge in [-0.3, -0.25) is 9.69 Å². The molecule has 0 N–H and O–H groups in total. The van der Waals surface area contributed by atoms with Crippen LogP contribution in [0.1, 0.15) is 22.0 Å². The molecule has 0 aromatic heterocycles. The maximum Gasteiger partial charge on any atom is 0.327 e. The van der Waals surface area contributed by atoms with Gasteiger partial charge in [-0.1, -0.05) is 29.8 Å². The van der Waals surface area contributed by atoms with Gasteiger partial charge in [0.15, 0.2) is 11.6 Å². The van der Waals surface area contributed by atoms with Gasteiger partial charge < -0.3 is 9.64 Å². The number of carbonyl (C=O) groups is 2. The Labute approximate surface area is 166 Å². The summed E-state index contributed by atoms with van der Waals surface area (Å²) in [4.78, 5) is 28.4. The molecular formula is C20H19ClF2N2O3. The third-order valence-corrected chi connectivity index (χ3v) is 5.10. The highest BCUT2D eigenvalue weighted by molar-refractivity contribution is 6.31. The molecular weight excluding hydrogens is 390 g/mol. The van der Waals surface area contributed by atoms with Crippen LogP contribution in [0.5, 0.6) is 0 Å². The second-order valence-electron chi connectivity index (χ2n) is 6.40. The van der Waals surface area contributed by atoms with E-state index in [-0.39, 0.29) is 11.5 Å². The van der Waals surface area contributed by atoms with E-state index >= 15 is 0 Å². The lowest BCUT2D eigenvalue weighted by atomic mass is 10.0. The first kappa shape index (κ1) is 20.2. The molecule has 5 nitrogen and oxygen atoms in total. The molecule has 28 heavy (non-hydrogen) atoms. The van der Waals surface area contributed by atoms with Crippen molar-refractivity contribution in [1.29, 1.82) is 0 Å². The maximum atomic E-state index is 13.4. The number of hydrogen-bond acceptors (Lipinski definition) is 4. The molecule has 2 aromatic carbocycles. The number of nitrogens with zero attached hydrogens (tertiary/aromatic N) is 2. The van der Waals surface area contributed by atoms with Crippen molar-refractivity contribution in [2.75, 3.05) is 33.3 Å². The first-order chi connectivity index (χ1) is 13.4. The van der Waals surface area contributed by atoms with Crippen molar-refractivity contribution in [3.63, 3.8) is 0 Å². The zero-order chi connectivity index (χ0) is 20.3.